The lowest BCUT2D eigenvalue weighted by atomic mass is 9.92. The predicted octanol–water partition coefficient (Wildman–Crippen LogP) is 2.99. The molecule has 0 bridgehead atoms. The Morgan fingerprint density at radius 3 is 2.94 bits per heavy atom. The topological polar surface area (TPSA) is 24.1 Å². The molecule has 2 nitrogen and oxygen atoms in total. The summed E-state index contributed by atoms with van der Waals surface area (Å²) in [5, 5.41) is 6.70. The van der Waals surface area contributed by atoms with Gasteiger partial charge in [-0.25, -0.2) is 4.39 Å². The van der Waals surface area contributed by atoms with E-state index in [9.17, 15) is 4.39 Å². The highest BCUT2D eigenvalue weighted by Gasteiger charge is 2.25. The van der Waals surface area contributed by atoms with Crippen LogP contribution in [0, 0.1) is 5.82 Å². The number of rotatable bonds is 3. The molecule has 0 aliphatic carbocycles. The summed E-state index contributed by atoms with van der Waals surface area (Å²) < 4.78 is 14.8. The van der Waals surface area contributed by atoms with Crippen LogP contribution < -0.4 is 10.6 Å². The molecule has 2 N–H and O–H groups in total. The van der Waals surface area contributed by atoms with Crippen LogP contribution in [0.5, 0.6) is 0 Å². The first kappa shape index (κ1) is 13.0. The maximum Gasteiger partial charge on any atom is 0.128 e. The summed E-state index contributed by atoms with van der Waals surface area (Å²) in [4.78, 5) is 0. The normalized spacial score (nSPS) is 22.4. The summed E-state index contributed by atoms with van der Waals surface area (Å²) in [6.45, 7) is 1.03. The molecule has 0 saturated carbocycles. The molecule has 1 heterocycles. The molecule has 1 fully saturated rings. The smallest absolute Gasteiger partial charge is 0.128 e. The zero-order valence-electron chi connectivity index (χ0n) is 9.97. The minimum Gasteiger partial charge on any atom is -0.312 e. The molecule has 1 aliphatic heterocycles. The fourth-order valence-corrected chi connectivity index (χ4v) is 2.87. The van der Waals surface area contributed by atoms with E-state index in [1.165, 1.54) is 18.9 Å². The van der Waals surface area contributed by atoms with Gasteiger partial charge in [0.2, 0.25) is 0 Å². The third-order valence-electron chi connectivity index (χ3n) is 3.35. The minimum atomic E-state index is -0.139. The van der Waals surface area contributed by atoms with Crippen molar-refractivity contribution in [1.82, 2.24) is 10.6 Å². The lowest BCUT2D eigenvalue weighted by molar-refractivity contribution is 0.321. The van der Waals surface area contributed by atoms with Gasteiger partial charge in [0.15, 0.2) is 0 Å². The molecule has 0 amide bonds. The highest BCUT2D eigenvalue weighted by Crippen LogP contribution is 2.27. The summed E-state index contributed by atoms with van der Waals surface area (Å²) in [6, 6.07) is 5.48. The van der Waals surface area contributed by atoms with E-state index in [1.54, 1.807) is 6.07 Å². The quantitative estimate of drug-likeness (QED) is 0.897. The van der Waals surface area contributed by atoms with Crippen LogP contribution in [0.25, 0.3) is 0 Å². The summed E-state index contributed by atoms with van der Waals surface area (Å²) in [7, 11) is 1.89. The molecule has 0 spiro atoms. The van der Waals surface area contributed by atoms with Crippen molar-refractivity contribution in [1.29, 1.82) is 0 Å². The van der Waals surface area contributed by atoms with Gasteiger partial charge >= 0.3 is 0 Å². The van der Waals surface area contributed by atoms with Crippen molar-refractivity contribution in [2.45, 2.75) is 31.3 Å². The van der Waals surface area contributed by atoms with Gasteiger partial charge in [-0.3, -0.25) is 0 Å². The summed E-state index contributed by atoms with van der Waals surface area (Å²) in [5.74, 6) is -0.139. The third-order valence-corrected chi connectivity index (χ3v) is 3.85. The van der Waals surface area contributed by atoms with Gasteiger partial charge in [-0.15, -0.1) is 0 Å². The Kier molecular flexibility index (Phi) is 4.54. The number of nitrogens with one attached hydrogen (secondary N) is 2. The summed E-state index contributed by atoms with van der Waals surface area (Å²) in [5.41, 5.74) is 0.737. The van der Waals surface area contributed by atoms with Crippen LogP contribution in [0.2, 0.25) is 0 Å². The van der Waals surface area contributed by atoms with Gasteiger partial charge in [0.25, 0.3) is 0 Å². The molecule has 0 aromatic heterocycles. The molecule has 17 heavy (non-hydrogen) atoms. The maximum atomic E-state index is 13.9. The largest absolute Gasteiger partial charge is 0.312 e. The minimum absolute atomic E-state index is 0.0350. The van der Waals surface area contributed by atoms with Gasteiger partial charge in [0.1, 0.15) is 5.82 Å². The van der Waals surface area contributed by atoms with Crippen LogP contribution in [-0.4, -0.2) is 19.6 Å². The highest BCUT2D eigenvalue weighted by molar-refractivity contribution is 9.10. The predicted molar refractivity (Wildman–Crippen MR) is 71.5 cm³/mol. The molecular weight excluding hydrogens is 283 g/mol. The first-order chi connectivity index (χ1) is 8.22. The van der Waals surface area contributed by atoms with Crippen molar-refractivity contribution in [2.75, 3.05) is 13.6 Å². The standard InChI is InChI=1S/C13H18BrFN2/c1-16-13(12-4-2-3-7-17-12)10-8-9(14)5-6-11(10)15/h5-6,8,12-13,16-17H,2-4,7H2,1H3. The molecule has 1 aromatic rings. The van der Waals surface area contributed by atoms with Crippen LogP contribution in [0.1, 0.15) is 30.9 Å². The number of hydrogen-bond acceptors (Lipinski definition) is 2. The van der Waals surface area contributed by atoms with Gasteiger partial charge in [0, 0.05) is 16.1 Å². The van der Waals surface area contributed by atoms with Crippen LogP contribution in [0.3, 0.4) is 0 Å². The second-order valence-electron chi connectivity index (χ2n) is 4.49. The molecule has 4 heteroatoms. The lowest BCUT2D eigenvalue weighted by Crippen LogP contribution is -2.43. The van der Waals surface area contributed by atoms with Crippen molar-refractivity contribution in [2.24, 2.45) is 0 Å². The number of halogens is 2. The molecule has 1 saturated heterocycles. The Hall–Kier alpha value is -0.450. The Labute approximate surface area is 110 Å². The molecule has 0 radical (unpaired) electrons. The first-order valence-corrected chi connectivity index (χ1v) is 6.87. The second kappa shape index (κ2) is 5.94. The molecule has 2 unspecified atom stereocenters. The van der Waals surface area contributed by atoms with Crippen LogP contribution in [0.15, 0.2) is 22.7 Å². The average Bonchev–Trinajstić information content (AvgIpc) is 2.36. The van der Waals surface area contributed by atoms with Gasteiger partial charge in [-0.05, 0) is 44.6 Å². The lowest BCUT2D eigenvalue weighted by Gasteiger charge is -2.31. The zero-order valence-corrected chi connectivity index (χ0v) is 11.6. The van der Waals surface area contributed by atoms with E-state index in [1.807, 2.05) is 13.1 Å². The van der Waals surface area contributed by atoms with E-state index < -0.39 is 0 Å². The van der Waals surface area contributed by atoms with Gasteiger partial charge in [0.05, 0.1) is 6.04 Å². The Bertz CT molecular complexity index is 378. The summed E-state index contributed by atoms with van der Waals surface area (Å²) in [6.07, 6.45) is 3.52. The van der Waals surface area contributed by atoms with Crippen LogP contribution in [-0.2, 0) is 0 Å². The van der Waals surface area contributed by atoms with E-state index in [-0.39, 0.29) is 11.9 Å². The monoisotopic (exact) mass is 300 g/mol. The molecule has 1 aliphatic rings. The Balaban J connectivity index is 2.24. The summed E-state index contributed by atoms with van der Waals surface area (Å²) >= 11 is 3.40. The van der Waals surface area contributed by atoms with E-state index in [0.717, 1.165) is 23.0 Å². The number of likely N-dealkylation sites (N-methyl/N-ethyl adjacent to an activating group) is 1. The van der Waals surface area contributed by atoms with E-state index in [4.69, 9.17) is 0 Å². The molecular formula is C13H18BrFN2. The van der Waals surface area contributed by atoms with Crippen molar-refractivity contribution >= 4 is 15.9 Å². The third kappa shape index (κ3) is 3.06. The molecule has 2 rings (SSSR count). The second-order valence-corrected chi connectivity index (χ2v) is 5.40. The Morgan fingerprint density at radius 2 is 2.29 bits per heavy atom. The number of hydrogen-bond donors (Lipinski definition) is 2. The van der Waals surface area contributed by atoms with E-state index in [0.29, 0.717) is 6.04 Å². The van der Waals surface area contributed by atoms with Crippen LogP contribution in [0.4, 0.5) is 4.39 Å². The van der Waals surface area contributed by atoms with Crippen molar-refractivity contribution in [3.05, 3.63) is 34.1 Å². The average molecular weight is 301 g/mol. The number of piperidine rings is 1. The SMILES string of the molecule is CNC(c1cc(Br)ccc1F)C1CCCCN1. The van der Waals surface area contributed by atoms with E-state index >= 15 is 0 Å². The number of benzene rings is 1. The van der Waals surface area contributed by atoms with Crippen molar-refractivity contribution < 1.29 is 4.39 Å². The fourth-order valence-electron chi connectivity index (χ4n) is 2.49. The molecule has 94 valence electrons. The Morgan fingerprint density at radius 1 is 1.47 bits per heavy atom. The first-order valence-electron chi connectivity index (χ1n) is 6.08. The zero-order chi connectivity index (χ0) is 12.3. The van der Waals surface area contributed by atoms with Gasteiger partial charge in [-0.1, -0.05) is 22.4 Å². The van der Waals surface area contributed by atoms with E-state index in [2.05, 4.69) is 26.6 Å². The maximum absolute atomic E-state index is 13.9. The fraction of sp³-hybridized carbons (Fsp3) is 0.538. The molecule has 1 aromatic carbocycles. The highest BCUT2D eigenvalue weighted by atomic mass is 79.9. The van der Waals surface area contributed by atoms with Crippen LogP contribution >= 0.6 is 15.9 Å². The van der Waals surface area contributed by atoms with Crippen molar-refractivity contribution in [3.8, 4) is 0 Å². The van der Waals surface area contributed by atoms with Crippen molar-refractivity contribution in [3.63, 3.8) is 0 Å². The van der Waals surface area contributed by atoms with Gasteiger partial charge < -0.3 is 10.6 Å². The van der Waals surface area contributed by atoms with Gasteiger partial charge in [-0.2, -0.15) is 0 Å². The molecule has 2 atom stereocenters.